The van der Waals surface area contributed by atoms with E-state index in [4.69, 9.17) is 4.98 Å². The molecular formula is C39H26N4. The Morgan fingerprint density at radius 1 is 0.488 bits per heavy atom. The van der Waals surface area contributed by atoms with E-state index in [1.54, 1.807) is 0 Å². The van der Waals surface area contributed by atoms with Crippen molar-refractivity contribution in [2.24, 2.45) is 0 Å². The topological polar surface area (TPSA) is 27.2 Å². The highest BCUT2D eigenvalue weighted by molar-refractivity contribution is 6.25. The van der Waals surface area contributed by atoms with Gasteiger partial charge in [-0.15, -0.1) is 0 Å². The third kappa shape index (κ3) is 3.12. The lowest BCUT2D eigenvalue weighted by molar-refractivity contribution is 1.06. The number of aromatic nitrogens is 4. The fraction of sp³-hybridized carbons (Fsp3) is 0. The van der Waals surface area contributed by atoms with Crippen LogP contribution >= 0.6 is 0 Å². The lowest BCUT2D eigenvalue weighted by atomic mass is 9.94. The van der Waals surface area contributed by atoms with Gasteiger partial charge in [0.2, 0.25) is 5.78 Å². The summed E-state index contributed by atoms with van der Waals surface area (Å²) < 4.78 is 6.75. The number of benzene rings is 6. The van der Waals surface area contributed by atoms with Gasteiger partial charge in [-0.1, -0.05) is 104 Å². The zero-order valence-corrected chi connectivity index (χ0v) is 23.4. The van der Waals surface area contributed by atoms with Crippen LogP contribution in [0.1, 0.15) is 11.4 Å². The molecule has 0 aliphatic heterocycles. The predicted molar refractivity (Wildman–Crippen MR) is 182 cm³/mol. The number of rotatable bonds is 4. The molecule has 6 aromatic carbocycles. The summed E-state index contributed by atoms with van der Waals surface area (Å²) in [5, 5.41) is 8.58. The van der Waals surface area contributed by atoms with Gasteiger partial charge in [0.05, 0.1) is 16.9 Å². The number of imidazole rings is 2. The molecule has 0 spiro atoms. The quantitative estimate of drug-likeness (QED) is 0.200. The maximum atomic E-state index is 5.34. The molecule has 43 heavy (non-hydrogen) atoms. The van der Waals surface area contributed by atoms with Crippen LogP contribution in [0.5, 0.6) is 0 Å². The molecule has 0 saturated heterocycles. The average Bonchev–Trinajstić information content (AvgIpc) is 3.70. The molecule has 0 aliphatic carbocycles. The van der Waals surface area contributed by atoms with Gasteiger partial charge in [0.25, 0.3) is 0 Å². The Morgan fingerprint density at radius 2 is 1.05 bits per heavy atom. The number of nitrogens with zero attached hydrogens (tertiary/aromatic N) is 4. The third-order valence-corrected chi connectivity index (χ3v) is 8.78. The fourth-order valence-electron chi connectivity index (χ4n) is 7.00. The standard InChI is InChI=1S/C39H26N4/c1-3-34-35(4-2)43-38-37(32-20-12-13-21-36(32)41(38)25-14-6-5-7-15-25)40-39(43)42(34)26-22-23-31-29-18-9-8-16-27(29)28-17-10-11-19-30(28)33(31)24-26/h3-24H,1-2H2. The maximum absolute atomic E-state index is 5.34. The van der Waals surface area contributed by atoms with Crippen molar-refractivity contribution < 1.29 is 0 Å². The zero-order valence-electron chi connectivity index (χ0n) is 23.4. The molecule has 202 valence electrons. The average molecular weight is 551 g/mol. The second kappa shape index (κ2) is 8.81. The molecule has 0 radical (unpaired) electrons. The molecule has 0 aliphatic rings. The van der Waals surface area contributed by atoms with Gasteiger partial charge in [-0.05, 0) is 74.8 Å². The molecule has 0 amide bonds. The monoisotopic (exact) mass is 550 g/mol. The van der Waals surface area contributed by atoms with E-state index >= 15 is 0 Å². The second-order valence-corrected chi connectivity index (χ2v) is 10.9. The van der Waals surface area contributed by atoms with Crippen molar-refractivity contribution in [3.63, 3.8) is 0 Å². The van der Waals surface area contributed by atoms with Gasteiger partial charge in [-0.25, -0.2) is 4.98 Å². The number of hydrogen-bond donors (Lipinski definition) is 0. The molecule has 3 heterocycles. The summed E-state index contributed by atoms with van der Waals surface area (Å²) in [7, 11) is 0. The molecule has 0 N–H and O–H groups in total. The molecule has 9 rings (SSSR count). The van der Waals surface area contributed by atoms with Gasteiger partial charge >= 0.3 is 0 Å². The SMILES string of the molecule is C=Cc1c(C=C)n2c(nc3c4ccccc4n(-c4ccccc4)c32)n1-c1ccc2c3ccccc3c3ccccc3c2c1. The van der Waals surface area contributed by atoms with Gasteiger partial charge in [-0.2, -0.15) is 0 Å². The fourth-order valence-corrected chi connectivity index (χ4v) is 7.00. The molecule has 3 aromatic heterocycles. The first-order chi connectivity index (χ1) is 21.3. The molecule has 0 fully saturated rings. The molecule has 0 unspecified atom stereocenters. The maximum Gasteiger partial charge on any atom is 0.221 e. The van der Waals surface area contributed by atoms with E-state index in [1.165, 1.54) is 32.3 Å². The Balaban J connectivity index is 1.44. The normalized spacial score (nSPS) is 11.9. The third-order valence-electron chi connectivity index (χ3n) is 8.78. The summed E-state index contributed by atoms with van der Waals surface area (Å²) in [4.78, 5) is 5.34. The molecule has 0 bridgehead atoms. The van der Waals surface area contributed by atoms with Gasteiger partial charge in [0, 0.05) is 16.8 Å². The lowest BCUT2D eigenvalue weighted by Crippen LogP contribution is -1.98. The van der Waals surface area contributed by atoms with Gasteiger partial charge in [0.1, 0.15) is 5.52 Å². The first-order valence-electron chi connectivity index (χ1n) is 14.5. The summed E-state index contributed by atoms with van der Waals surface area (Å²) >= 11 is 0. The molecule has 4 heteroatoms. The van der Waals surface area contributed by atoms with E-state index in [1.807, 2.05) is 18.2 Å². The number of fused-ring (bicyclic) bond motifs is 11. The predicted octanol–water partition coefficient (Wildman–Crippen LogP) is 9.97. The summed E-state index contributed by atoms with van der Waals surface area (Å²) in [5.74, 6) is 0.828. The van der Waals surface area contributed by atoms with Crippen molar-refractivity contribution in [1.29, 1.82) is 0 Å². The minimum atomic E-state index is 0.828. The van der Waals surface area contributed by atoms with Crippen LogP contribution in [0.4, 0.5) is 0 Å². The summed E-state index contributed by atoms with van der Waals surface area (Å²) in [5.41, 5.74) is 7.11. The van der Waals surface area contributed by atoms with Crippen LogP contribution in [0.2, 0.25) is 0 Å². The van der Waals surface area contributed by atoms with Crippen molar-refractivity contribution in [2.75, 3.05) is 0 Å². The van der Waals surface area contributed by atoms with E-state index in [0.29, 0.717) is 0 Å². The summed E-state index contributed by atoms with van der Waals surface area (Å²) in [6.07, 6.45) is 3.83. The summed E-state index contributed by atoms with van der Waals surface area (Å²) in [6, 6.07) is 43.1. The van der Waals surface area contributed by atoms with Crippen LogP contribution in [0.3, 0.4) is 0 Å². The van der Waals surface area contributed by atoms with Gasteiger partial charge < -0.3 is 0 Å². The van der Waals surface area contributed by atoms with E-state index in [0.717, 1.165) is 50.6 Å². The first kappa shape index (κ1) is 23.8. The van der Waals surface area contributed by atoms with E-state index < -0.39 is 0 Å². The van der Waals surface area contributed by atoms with Crippen molar-refractivity contribution >= 4 is 72.3 Å². The smallest absolute Gasteiger partial charge is 0.221 e. The van der Waals surface area contributed by atoms with Crippen molar-refractivity contribution in [3.05, 3.63) is 146 Å². The Labute approximate surface area is 247 Å². The lowest BCUT2D eigenvalue weighted by Gasteiger charge is -2.13. The van der Waals surface area contributed by atoms with Crippen molar-refractivity contribution in [3.8, 4) is 11.4 Å². The molecular weight excluding hydrogens is 524 g/mol. The van der Waals surface area contributed by atoms with Gasteiger partial charge in [0.15, 0.2) is 5.65 Å². The molecule has 0 saturated carbocycles. The van der Waals surface area contributed by atoms with E-state index in [2.05, 4.69) is 142 Å². The zero-order chi connectivity index (χ0) is 28.7. The highest BCUT2D eigenvalue weighted by Crippen LogP contribution is 2.39. The second-order valence-electron chi connectivity index (χ2n) is 10.9. The van der Waals surface area contributed by atoms with E-state index in [-0.39, 0.29) is 0 Å². The van der Waals surface area contributed by atoms with Crippen molar-refractivity contribution in [2.45, 2.75) is 0 Å². The Bertz CT molecular complexity index is 2560. The largest absolute Gasteiger partial charge is 0.294 e. The molecule has 9 aromatic rings. The molecule has 4 nitrogen and oxygen atoms in total. The van der Waals surface area contributed by atoms with Crippen LogP contribution in [-0.4, -0.2) is 18.5 Å². The minimum absolute atomic E-state index is 0.828. The van der Waals surface area contributed by atoms with E-state index in [9.17, 15) is 0 Å². The van der Waals surface area contributed by atoms with Crippen LogP contribution in [0, 0.1) is 0 Å². The number of hydrogen-bond acceptors (Lipinski definition) is 1. The number of para-hydroxylation sites is 2. The Morgan fingerprint density at radius 3 is 1.70 bits per heavy atom. The minimum Gasteiger partial charge on any atom is -0.294 e. The van der Waals surface area contributed by atoms with Crippen molar-refractivity contribution in [1.82, 2.24) is 18.5 Å². The highest BCUT2D eigenvalue weighted by Gasteiger charge is 2.25. The van der Waals surface area contributed by atoms with Crippen LogP contribution in [0.15, 0.2) is 134 Å². The summed E-state index contributed by atoms with van der Waals surface area (Å²) in [6.45, 7) is 8.49. The highest BCUT2D eigenvalue weighted by atomic mass is 15.3. The van der Waals surface area contributed by atoms with Crippen LogP contribution < -0.4 is 0 Å². The Kier molecular flexibility index (Phi) is 4.88. The van der Waals surface area contributed by atoms with Crippen LogP contribution in [-0.2, 0) is 0 Å². The van der Waals surface area contributed by atoms with Gasteiger partial charge in [-0.3, -0.25) is 13.5 Å². The first-order valence-corrected chi connectivity index (χ1v) is 14.5. The Hall–Kier alpha value is -5.87. The molecule has 0 atom stereocenters. The van der Waals surface area contributed by atoms with Crippen LogP contribution in [0.25, 0.3) is 83.7 Å².